The van der Waals surface area contributed by atoms with Crippen LogP contribution in [0.5, 0.6) is 5.75 Å². The number of ether oxygens (including phenoxy) is 2. The number of hydrogen-bond donors (Lipinski definition) is 1. The van der Waals surface area contributed by atoms with Gasteiger partial charge in [0.15, 0.2) is 6.61 Å². The highest BCUT2D eigenvalue weighted by atomic mass is 19.1. The highest BCUT2D eigenvalue weighted by molar-refractivity contribution is 6.00. The van der Waals surface area contributed by atoms with Crippen molar-refractivity contribution in [1.29, 1.82) is 0 Å². The number of carbonyl (C=O) groups is 3. The van der Waals surface area contributed by atoms with E-state index in [1.165, 1.54) is 29.2 Å². The van der Waals surface area contributed by atoms with Crippen molar-refractivity contribution in [2.24, 2.45) is 5.92 Å². The summed E-state index contributed by atoms with van der Waals surface area (Å²) in [6.07, 6.45) is -0.0228. The third-order valence-corrected chi connectivity index (χ3v) is 4.40. The van der Waals surface area contributed by atoms with Crippen molar-refractivity contribution in [3.63, 3.8) is 0 Å². The standard InChI is InChI=1S/C21H21FN2O5/c1-2-28-18-6-4-3-5-17(18)23-19(25)13-29-21(27)14-11-20(26)24(12-14)16-9-7-15(22)8-10-16/h3-10,14H,2,11-13H2,1H3,(H,23,25)/t14-/m0/s1. The van der Waals surface area contributed by atoms with Crippen LogP contribution in [-0.2, 0) is 19.1 Å². The Labute approximate surface area is 167 Å². The molecule has 0 aromatic heterocycles. The third kappa shape index (κ3) is 5.10. The molecule has 2 aromatic carbocycles. The monoisotopic (exact) mass is 400 g/mol. The van der Waals surface area contributed by atoms with Gasteiger partial charge in [0.05, 0.1) is 18.2 Å². The molecule has 0 bridgehead atoms. The molecule has 1 aliphatic rings. The molecule has 3 rings (SSSR count). The van der Waals surface area contributed by atoms with Gasteiger partial charge in [0.1, 0.15) is 11.6 Å². The number of esters is 1. The van der Waals surface area contributed by atoms with Crippen LogP contribution in [0.2, 0.25) is 0 Å². The second kappa shape index (κ2) is 9.18. The molecule has 0 unspecified atom stereocenters. The Morgan fingerprint density at radius 1 is 1.17 bits per heavy atom. The highest BCUT2D eigenvalue weighted by Gasteiger charge is 2.36. The van der Waals surface area contributed by atoms with E-state index in [0.717, 1.165) is 0 Å². The Bertz CT molecular complexity index is 900. The Morgan fingerprint density at radius 2 is 1.90 bits per heavy atom. The predicted octanol–water partition coefficient (Wildman–Crippen LogP) is 2.76. The number of halogens is 1. The van der Waals surface area contributed by atoms with Gasteiger partial charge in [0, 0.05) is 18.7 Å². The van der Waals surface area contributed by atoms with Crippen molar-refractivity contribution in [1.82, 2.24) is 0 Å². The van der Waals surface area contributed by atoms with Crippen LogP contribution in [0, 0.1) is 11.7 Å². The molecule has 29 heavy (non-hydrogen) atoms. The van der Waals surface area contributed by atoms with E-state index >= 15 is 0 Å². The maximum atomic E-state index is 13.1. The van der Waals surface area contributed by atoms with Crippen molar-refractivity contribution in [2.45, 2.75) is 13.3 Å². The number of nitrogens with zero attached hydrogens (tertiary/aromatic N) is 1. The van der Waals surface area contributed by atoms with E-state index in [-0.39, 0.29) is 18.9 Å². The van der Waals surface area contributed by atoms with Crippen LogP contribution in [0.3, 0.4) is 0 Å². The van der Waals surface area contributed by atoms with Crippen LogP contribution in [0.25, 0.3) is 0 Å². The van der Waals surface area contributed by atoms with Gasteiger partial charge >= 0.3 is 5.97 Å². The molecule has 1 aliphatic heterocycles. The lowest BCUT2D eigenvalue weighted by Gasteiger charge is -2.16. The van der Waals surface area contributed by atoms with Crippen molar-refractivity contribution in [2.75, 3.05) is 30.0 Å². The van der Waals surface area contributed by atoms with Gasteiger partial charge in [-0.25, -0.2) is 4.39 Å². The number of rotatable bonds is 7. The second-order valence-electron chi connectivity index (χ2n) is 6.47. The van der Waals surface area contributed by atoms with E-state index in [4.69, 9.17) is 9.47 Å². The number of benzene rings is 2. The van der Waals surface area contributed by atoms with Crippen molar-refractivity contribution >= 4 is 29.2 Å². The normalized spacial score (nSPS) is 15.9. The molecular weight excluding hydrogens is 379 g/mol. The van der Waals surface area contributed by atoms with Crippen molar-refractivity contribution < 1.29 is 28.2 Å². The van der Waals surface area contributed by atoms with Gasteiger partial charge < -0.3 is 19.7 Å². The van der Waals surface area contributed by atoms with Gasteiger partial charge in [-0.15, -0.1) is 0 Å². The molecule has 7 nitrogen and oxygen atoms in total. The largest absolute Gasteiger partial charge is 0.492 e. The molecule has 2 aromatic rings. The first-order chi connectivity index (χ1) is 14.0. The Balaban J connectivity index is 1.52. The molecule has 1 atom stereocenters. The minimum atomic E-state index is -0.684. The van der Waals surface area contributed by atoms with Crippen LogP contribution in [-0.4, -0.2) is 37.5 Å². The van der Waals surface area contributed by atoms with Crippen molar-refractivity contribution in [3.05, 3.63) is 54.3 Å². The van der Waals surface area contributed by atoms with Gasteiger partial charge in [-0.05, 0) is 43.3 Å². The molecule has 0 spiro atoms. The summed E-state index contributed by atoms with van der Waals surface area (Å²) in [5, 5.41) is 2.64. The van der Waals surface area contributed by atoms with Crippen LogP contribution in [0.1, 0.15) is 13.3 Å². The van der Waals surface area contributed by atoms with Gasteiger partial charge in [0.2, 0.25) is 5.91 Å². The quantitative estimate of drug-likeness (QED) is 0.723. The van der Waals surface area contributed by atoms with E-state index in [1.807, 2.05) is 6.92 Å². The number of amides is 2. The molecule has 1 heterocycles. The summed E-state index contributed by atoms with van der Waals surface area (Å²) in [7, 11) is 0. The molecule has 0 saturated carbocycles. The average Bonchev–Trinajstić information content (AvgIpc) is 3.10. The fourth-order valence-electron chi connectivity index (χ4n) is 3.03. The minimum absolute atomic E-state index is 0.0228. The Morgan fingerprint density at radius 3 is 2.62 bits per heavy atom. The summed E-state index contributed by atoms with van der Waals surface area (Å²) in [6.45, 7) is 1.93. The molecule has 0 radical (unpaired) electrons. The average molecular weight is 400 g/mol. The molecule has 8 heteroatoms. The maximum Gasteiger partial charge on any atom is 0.311 e. The third-order valence-electron chi connectivity index (χ3n) is 4.40. The lowest BCUT2D eigenvalue weighted by molar-refractivity contribution is -0.151. The zero-order valence-electron chi connectivity index (χ0n) is 15.9. The first kappa shape index (κ1) is 20.3. The number of hydrogen-bond acceptors (Lipinski definition) is 5. The fraction of sp³-hybridized carbons (Fsp3) is 0.286. The minimum Gasteiger partial charge on any atom is -0.492 e. The SMILES string of the molecule is CCOc1ccccc1NC(=O)COC(=O)[C@H]1CC(=O)N(c2ccc(F)cc2)C1. The van der Waals surface area contributed by atoms with Crippen molar-refractivity contribution in [3.8, 4) is 5.75 Å². The molecule has 152 valence electrons. The smallest absolute Gasteiger partial charge is 0.311 e. The molecular formula is C21H21FN2O5. The summed E-state index contributed by atoms with van der Waals surface area (Å²) < 4.78 is 23.6. The summed E-state index contributed by atoms with van der Waals surface area (Å²) in [6, 6.07) is 12.4. The number of nitrogens with one attached hydrogen (secondary N) is 1. The first-order valence-corrected chi connectivity index (χ1v) is 9.22. The van der Waals surface area contributed by atoms with E-state index in [2.05, 4.69) is 5.32 Å². The zero-order chi connectivity index (χ0) is 20.8. The molecule has 1 N–H and O–H groups in total. The van der Waals surface area contributed by atoms with Gasteiger partial charge in [-0.1, -0.05) is 12.1 Å². The summed E-state index contributed by atoms with van der Waals surface area (Å²) >= 11 is 0. The van der Waals surface area contributed by atoms with Crippen LogP contribution >= 0.6 is 0 Å². The molecule has 1 fully saturated rings. The number of carbonyl (C=O) groups excluding carboxylic acids is 3. The number of para-hydroxylation sites is 2. The lowest BCUT2D eigenvalue weighted by atomic mass is 10.1. The lowest BCUT2D eigenvalue weighted by Crippen LogP contribution is -2.28. The summed E-state index contributed by atoms with van der Waals surface area (Å²) in [4.78, 5) is 38.0. The molecule has 2 amide bonds. The van der Waals surface area contributed by atoms with Crippen LogP contribution in [0.15, 0.2) is 48.5 Å². The Kier molecular flexibility index (Phi) is 6.43. The fourth-order valence-corrected chi connectivity index (χ4v) is 3.03. The van der Waals surface area contributed by atoms with Crippen LogP contribution < -0.4 is 15.0 Å². The molecule has 1 saturated heterocycles. The van der Waals surface area contributed by atoms with E-state index in [0.29, 0.717) is 23.7 Å². The predicted molar refractivity (Wildman–Crippen MR) is 104 cm³/mol. The van der Waals surface area contributed by atoms with Crippen LogP contribution in [0.4, 0.5) is 15.8 Å². The van der Waals surface area contributed by atoms with E-state index in [9.17, 15) is 18.8 Å². The maximum absolute atomic E-state index is 13.1. The highest BCUT2D eigenvalue weighted by Crippen LogP contribution is 2.26. The Hall–Kier alpha value is -3.42. The van der Waals surface area contributed by atoms with Gasteiger partial charge in [-0.3, -0.25) is 14.4 Å². The summed E-state index contributed by atoms with van der Waals surface area (Å²) in [5.74, 6) is -1.97. The number of anilines is 2. The topological polar surface area (TPSA) is 84.9 Å². The van der Waals surface area contributed by atoms with Gasteiger partial charge in [-0.2, -0.15) is 0 Å². The zero-order valence-corrected chi connectivity index (χ0v) is 15.9. The van der Waals surface area contributed by atoms with Gasteiger partial charge in [0.25, 0.3) is 5.91 Å². The first-order valence-electron chi connectivity index (χ1n) is 9.22. The second-order valence-corrected chi connectivity index (χ2v) is 6.47. The van der Waals surface area contributed by atoms with E-state index in [1.54, 1.807) is 24.3 Å². The summed E-state index contributed by atoms with van der Waals surface area (Å²) in [5.41, 5.74) is 0.992. The molecule has 0 aliphatic carbocycles. The van der Waals surface area contributed by atoms with E-state index < -0.39 is 30.2 Å².